The Morgan fingerprint density at radius 3 is 3.10 bits per heavy atom. The van der Waals surface area contributed by atoms with E-state index in [-0.39, 0.29) is 18.6 Å². The van der Waals surface area contributed by atoms with Crippen LogP contribution in [0.15, 0.2) is 12.2 Å². The monoisotopic (exact) mass is 144 g/mol. The van der Waals surface area contributed by atoms with Crippen molar-refractivity contribution in [2.24, 2.45) is 5.92 Å². The summed E-state index contributed by atoms with van der Waals surface area (Å²) in [6.07, 6.45) is 0.468. The summed E-state index contributed by atoms with van der Waals surface area (Å²) < 4.78 is 12.5. The topological polar surface area (TPSA) is 29.5 Å². The van der Waals surface area contributed by atoms with Gasteiger partial charge in [-0.05, 0) is 13.3 Å². The first-order chi connectivity index (χ1) is 5.15. The van der Waals surface area contributed by atoms with Gasteiger partial charge in [-0.25, -0.2) is 0 Å². The fourth-order valence-electron chi connectivity index (χ4n) is 1.22. The van der Waals surface area contributed by atoms with Crippen LogP contribution in [-0.4, -0.2) is 24.4 Å². The predicted molar refractivity (Wildman–Crippen MR) is 39.7 cm³/mol. The van der Waals surface area contributed by atoms with Gasteiger partial charge in [0.15, 0.2) is 0 Å². The van der Waals surface area contributed by atoms with E-state index < -0.39 is 6.58 Å². The zero-order valence-corrected chi connectivity index (χ0v) is 6.21. The SMILES string of the molecule is [3H][C@H]1CC(C(=C)C)[C@@H](CO)O1. The second-order valence-corrected chi connectivity index (χ2v) is 2.71. The lowest BCUT2D eigenvalue weighted by Gasteiger charge is -2.15. The van der Waals surface area contributed by atoms with Crippen LogP contribution < -0.4 is 0 Å². The second kappa shape index (κ2) is 3.17. The molecule has 0 aromatic carbocycles. The number of hydrogen-bond donors (Lipinski definition) is 1. The van der Waals surface area contributed by atoms with Gasteiger partial charge < -0.3 is 9.84 Å². The van der Waals surface area contributed by atoms with E-state index in [1.807, 2.05) is 6.92 Å². The van der Waals surface area contributed by atoms with Crippen molar-refractivity contribution in [2.75, 3.05) is 13.2 Å². The molecule has 0 bridgehead atoms. The molecule has 1 heterocycles. The van der Waals surface area contributed by atoms with Gasteiger partial charge in [0.05, 0.1) is 14.1 Å². The Morgan fingerprint density at radius 2 is 2.70 bits per heavy atom. The zero-order valence-electron chi connectivity index (χ0n) is 7.21. The molecule has 1 unspecified atom stereocenters. The van der Waals surface area contributed by atoms with E-state index in [0.29, 0.717) is 6.42 Å². The van der Waals surface area contributed by atoms with Gasteiger partial charge in [-0.1, -0.05) is 12.2 Å². The quantitative estimate of drug-likeness (QED) is 0.585. The van der Waals surface area contributed by atoms with E-state index in [2.05, 4.69) is 6.58 Å². The van der Waals surface area contributed by atoms with Crippen molar-refractivity contribution in [3.8, 4) is 0 Å². The molecule has 0 aliphatic carbocycles. The molecule has 0 radical (unpaired) electrons. The Labute approximate surface area is 62.9 Å². The molecule has 3 atom stereocenters. The summed E-state index contributed by atoms with van der Waals surface area (Å²) in [7, 11) is 0. The average Bonchev–Trinajstić information content (AvgIpc) is 2.30. The third kappa shape index (κ3) is 1.39. The van der Waals surface area contributed by atoms with Crippen LogP contribution in [-0.2, 0) is 4.74 Å². The van der Waals surface area contributed by atoms with Gasteiger partial charge in [-0.3, -0.25) is 0 Å². The van der Waals surface area contributed by atoms with Gasteiger partial charge in [0.25, 0.3) is 0 Å². The average molecular weight is 144 g/mol. The fraction of sp³-hybridized carbons (Fsp3) is 0.750. The van der Waals surface area contributed by atoms with Crippen molar-refractivity contribution in [2.45, 2.75) is 19.4 Å². The highest BCUT2D eigenvalue weighted by Gasteiger charge is 2.27. The van der Waals surface area contributed by atoms with Gasteiger partial charge in [0, 0.05) is 12.5 Å². The van der Waals surface area contributed by atoms with E-state index in [1.165, 1.54) is 0 Å². The van der Waals surface area contributed by atoms with Crippen molar-refractivity contribution in [1.29, 1.82) is 0 Å². The molecule has 0 amide bonds. The van der Waals surface area contributed by atoms with Gasteiger partial charge in [-0.2, -0.15) is 0 Å². The number of rotatable bonds is 2. The van der Waals surface area contributed by atoms with Crippen molar-refractivity contribution in [3.05, 3.63) is 12.2 Å². The van der Waals surface area contributed by atoms with E-state index in [4.69, 9.17) is 11.2 Å². The molecule has 1 fully saturated rings. The largest absolute Gasteiger partial charge is 0.394 e. The van der Waals surface area contributed by atoms with Crippen LogP contribution >= 0.6 is 0 Å². The molecule has 1 aliphatic heterocycles. The minimum Gasteiger partial charge on any atom is -0.394 e. The number of hydrogen-bond acceptors (Lipinski definition) is 2. The first-order valence-electron chi connectivity index (χ1n) is 4.07. The Kier molecular flexibility index (Phi) is 2.02. The van der Waals surface area contributed by atoms with Crippen LogP contribution in [0.1, 0.15) is 14.7 Å². The highest BCUT2D eigenvalue weighted by atomic mass is 16.5. The lowest BCUT2D eigenvalue weighted by atomic mass is 9.95. The minimum atomic E-state index is -0.478. The zero-order chi connectivity index (χ0) is 8.43. The molecule has 1 saturated heterocycles. The lowest BCUT2D eigenvalue weighted by molar-refractivity contribution is 0.0459. The summed E-state index contributed by atoms with van der Waals surface area (Å²) >= 11 is 0. The molecular weight excluding hydrogens is 128 g/mol. The number of aliphatic hydroxyl groups excluding tert-OH is 1. The fourth-order valence-corrected chi connectivity index (χ4v) is 1.22. The smallest absolute Gasteiger partial charge is 0.0871 e. The van der Waals surface area contributed by atoms with E-state index in [1.54, 1.807) is 0 Å². The number of ether oxygens (including phenoxy) is 1. The summed E-state index contributed by atoms with van der Waals surface area (Å²) in [6.45, 7) is 5.22. The maximum Gasteiger partial charge on any atom is 0.0871 e. The summed E-state index contributed by atoms with van der Waals surface area (Å²) in [5.74, 6) is 0.169. The Morgan fingerprint density at radius 1 is 2.00 bits per heavy atom. The molecule has 2 nitrogen and oxygen atoms in total. The van der Waals surface area contributed by atoms with Crippen LogP contribution in [0.25, 0.3) is 0 Å². The standard InChI is InChI=1S/C8H14O2/c1-6(2)7-3-4-10-8(7)5-9/h7-9H,1,3-5H2,2H3/t7?,8-/m1/s1/i4T/t4-,7?,8+/m0. The van der Waals surface area contributed by atoms with Gasteiger partial charge in [0.1, 0.15) is 0 Å². The molecule has 58 valence electrons. The van der Waals surface area contributed by atoms with Gasteiger partial charge >= 0.3 is 0 Å². The van der Waals surface area contributed by atoms with Crippen molar-refractivity contribution in [1.82, 2.24) is 0 Å². The maximum absolute atomic E-state index is 8.85. The first kappa shape index (κ1) is 6.38. The minimum absolute atomic E-state index is 0.00704. The molecule has 0 spiro atoms. The number of aliphatic hydroxyl groups is 1. The molecule has 0 aromatic rings. The highest BCUT2D eigenvalue weighted by Crippen LogP contribution is 2.25. The normalized spacial score (nSPS) is 41.4. The Balaban J connectivity index is 2.57. The molecular formula is C8H14O2. The molecule has 10 heavy (non-hydrogen) atoms. The summed E-state index contributed by atoms with van der Waals surface area (Å²) in [4.78, 5) is 0. The summed E-state index contributed by atoms with van der Waals surface area (Å²) in [5.41, 5.74) is 0.999. The van der Waals surface area contributed by atoms with E-state index in [0.717, 1.165) is 5.57 Å². The molecule has 1 N–H and O–H groups in total. The van der Waals surface area contributed by atoms with Gasteiger partial charge in [-0.15, -0.1) is 0 Å². The molecule has 0 saturated carbocycles. The van der Waals surface area contributed by atoms with Crippen LogP contribution in [0.3, 0.4) is 0 Å². The summed E-state index contributed by atoms with van der Waals surface area (Å²) in [5, 5.41) is 8.85. The lowest BCUT2D eigenvalue weighted by Crippen LogP contribution is -2.20. The van der Waals surface area contributed by atoms with Crippen LogP contribution in [0, 0.1) is 5.92 Å². The molecule has 0 aromatic heterocycles. The van der Waals surface area contributed by atoms with Crippen molar-refractivity contribution in [3.63, 3.8) is 0 Å². The third-order valence-electron chi connectivity index (χ3n) is 1.88. The van der Waals surface area contributed by atoms with Crippen molar-refractivity contribution >= 4 is 0 Å². The molecule has 2 heteroatoms. The predicted octanol–water partition coefficient (Wildman–Crippen LogP) is 0.960. The van der Waals surface area contributed by atoms with Crippen LogP contribution in [0.4, 0.5) is 0 Å². The van der Waals surface area contributed by atoms with Gasteiger partial charge in [0.2, 0.25) is 0 Å². The Hall–Kier alpha value is -0.340. The highest BCUT2D eigenvalue weighted by molar-refractivity contribution is 5.01. The first-order valence-corrected chi connectivity index (χ1v) is 3.49. The van der Waals surface area contributed by atoms with Crippen LogP contribution in [0.5, 0.6) is 0 Å². The van der Waals surface area contributed by atoms with Crippen molar-refractivity contribution < 1.29 is 11.2 Å². The summed E-state index contributed by atoms with van der Waals surface area (Å²) in [6, 6.07) is 0. The van der Waals surface area contributed by atoms with E-state index in [9.17, 15) is 0 Å². The Bertz CT molecular complexity index is 158. The third-order valence-corrected chi connectivity index (χ3v) is 1.88. The maximum atomic E-state index is 8.85. The molecule has 1 rings (SSSR count). The van der Waals surface area contributed by atoms with E-state index >= 15 is 0 Å². The second-order valence-electron chi connectivity index (χ2n) is 2.71. The molecule has 1 aliphatic rings. The van der Waals surface area contributed by atoms with Crippen LogP contribution in [0.2, 0.25) is 0 Å².